The van der Waals surface area contributed by atoms with Crippen molar-refractivity contribution in [1.82, 2.24) is 10.5 Å². The number of nitrogens with zero attached hydrogens (tertiary/aromatic N) is 1. The fraction of sp³-hybridized carbons (Fsp3) is 0.238. The van der Waals surface area contributed by atoms with Crippen molar-refractivity contribution in [3.05, 3.63) is 82.2 Å². The molecule has 0 aliphatic heterocycles. The Morgan fingerprint density at radius 2 is 1.86 bits per heavy atom. The molecule has 2 aromatic carbocycles. The summed E-state index contributed by atoms with van der Waals surface area (Å²) >= 11 is 0. The molecule has 3 rings (SSSR count). The minimum atomic E-state index is -0.946. The van der Waals surface area contributed by atoms with Gasteiger partial charge in [0.15, 0.2) is 11.6 Å². The highest BCUT2D eigenvalue weighted by molar-refractivity contribution is 5.94. The molecular formula is C21H20F2N2O3. The number of aryl methyl sites for hydroxylation is 2. The van der Waals surface area contributed by atoms with Crippen molar-refractivity contribution in [2.24, 2.45) is 0 Å². The van der Waals surface area contributed by atoms with Gasteiger partial charge in [-0.3, -0.25) is 4.79 Å². The van der Waals surface area contributed by atoms with Crippen LogP contribution in [0.1, 0.15) is 45.9 Å². The van der Waals surface area contributed by atoms with E-state index in [-0.39, 0.29) is 5.91 Å². The highest BCUT2D eigenvalue weighted by Gasteiger charge is 2.14. The van der Waals surface area contributed by atoms with E-state index >= 15 is 0 Å². The standard InChI is InChI=1S/C21H20F2N2O3/c1-12(16-6-9-19(22)20(23)10-16)24-21(26)15-4-7-17(8-5-15)27-11-18-13(2)25-28-14(18)3/h4-10,12H,11H2,1-3H3,(H,24,26). The Kier molecular flexibility index (Phi) is 5.73. The Labute approximate surface area is 161 Å². The van der Waals surface area contributed by atoms with Crippen LogP contribution in [0.3, 0.4) is 0 Å². The monoisotopic (exact) mass is 386 g/mol. The van der Waals surface area contributed by atoms with Gasteiger partial charge in [-0.15, -0.1) is 0 Å². The summed E-state index contributed by atoms with van der Waals surface area (Å²) in [7, 11) is 0. The molecule has 146 valence electrons. The Morgan fingerprint density at radius 3 is 2.46 bits per heavy atom. The molecule has 0 radical (unpaired) electrons. The maximum absolute atomic E-state index is 13.4. The number of ether oxygens (including phenoxy) is 1. The zero-order valence-electron chi connectivity index (χ0n) is 15.8. The molecule has 0 aliphatic carbocycles. The first-order valence-electron chi connectivity index (χ1n) is 8.75. The van der Waals surface area contributed by atoms with E-state index in [0.29, 0.717) is 29.2 Å². The summed E-state index contributed by atoms with van der Waals surface area (Å²) in [5.41, 5.74) is 2.58. The maximum Gasteiger partial charge on any atom is 0.251 e. The van der Waals surface area contributed by atoms with Crippen molar-refractivity contribution >= 4 is 5.91 Å². The van der Waals surface area contributed by atoms with Crippen LogP contribution in [0, 0.1) is 25.5 Å². The van der Waals surface area contributed by atoms with Gasteiger partial charge in [0.25, 0.3) is 5.91 Å². The smallest absolute Gasteiger partial charge is 0.251 e. The number of benzene rings is 2. The van der Waals surface area contributed by atoms with Gasteiger partial charge >= 0.3 is 0 Å². The Bertz CT molecular complexity index is 964. The van der Waals surface area contributed by atoms with Gasteiger partial charge in [-0.05, 0) is 62.7 Å². The van der Waals surface area contributed by atoms with Gasteiger partial charge in [0, 0.05) is 5.56 Å². The third kappa shape index (κ3) is 4.36. The van der Waals surface area contributed by atoms with Gasteiger partial charge in [-0.25, -0.2) is 8.78 Å². The number of nitrogens with one attached hydrogen (secondary N) is 1. The summed E-state index contributed by atoms with van der Waals surface area (Å²) < 4.78 is 37.2. The highest BCUT2D eigenvalue weighted by Crippen LogP contribution is 2.19. The molecule has 0 saturated carbocycles. The number of halogens is 2. The first-order chi connectivity index (χ1) is 13.3. The number of rotatable bonds is 6. The SMILES string of the molecule is Cc1noc(C)c1COc1ccc(C(=O)NC(C)c2ccc(F)c(F)c2)cc1. The lowest BCUT2D eigenvalue weighted by Crippen LogP contribution is -2.26. The van der Waals surface area contributed by atoms with E-state index in [0.717, 1.165) is 23.4 Å². The molecule has 0 bridgehead atoms. The van der Waals surface area contributed by atoms with Crippen LogP contribution in [0.5, 0.6) is 5.75 Å². The molecule has 0 saturated heterocycles. The fourth-order valence-corrected chi connectivity index (χ4v) is 2.71. The quantitative estimate of drug-likeness (QED) is 0.670. The third-order valence-electron chi connectivity index (χ3n) is 4.47. The lowest BCUT2D eigenvalue weighted by Gasteiger charge is -2.15. The first kappa shape index (κ1) is 19.5. The van der Waals surface area contributed by atoms with E-state index in [2.05, 4.69) is 10.5 Å². The number of hydrogen-bond donors (Lipinski definition) is 1. The van der Waals surface area contributed by atoms with E-state index in [1.54, 1.807) is 31.2 Å². The summed E-state index contributed by atoms with van der Waals surface area (Å²) in [5.74, 6) is -0.882. The Balaban J connectivity index is 1.60. The van der Waals surface area contributed by atoms with Crippen LogP contribution in [0.2, 0.25) is 0 Å². The van der Waals surface area contributed by atoms with Crippen molar-refractivity contribution in [3.8, 4) is 5.75 Å². The molecule has 0 aliphatic rings. The summed E-state index contributed by atoms with van der Waals surface area (Å²) in [6.45, 7) is 5.68. The van der Waals surface area contributed by atoms with Crippen LogP contribution in [-0.2, 0) is 6.61 Å². The molecule has 3 aromatic rings. The number of carbonyl (C=O) groups is 1. The largest absolute Gasteiger partial charge is 0.489 e. The predicted molar refractivity (Wildman–Crippen MR) is 99.0 cm³/mol. The molecule has 1 heterocycles. The van der Waals surface area contributed by atoms with Gasteiger partial charge in [-0.1, -0.05) is 11.2 Å². The normalized spacial score (nSPS) is 11.9. The minimum Gasteiger partial charge on any atom is -0.489 e. The average Bonchev–Trinajstić information content (AvgIpc) is 3.00. The number of hydrogen-bond acceptors (Lipinski definition) is 4. The van der Waals surface area contributed by atoms with Crippen LogP contribution in [0.15, 0.2) is 47.0 Å². The zero-order valence-corrected chi connectivity index (χ0v) is 15.8. The van der Waals surface area contributed by atoms with Gasteiger partial charge in [-0.2, -0.15) is 0 Å². The molecule has 5 nitrogen and oxygen atoms in total. The summed E-state index contributed by atoms with van der Waals surface area (Å²) in [4.78, 5) is 12.4. The molecule has 1 amide bonds. The zero-order chi connectivity index (χ0) is 20.3. The topological polar surface area (TPSA) is 64.4 Å². The van der Waals surface area contributed by atoms with E-state index in [4.69, 9.17) is 9.26 Å². The van der Waals surface area contributed by atoms with Crippen molar-refractivity contribution in [1.29, 1.82) is 0 Å². The molecule has 1 atom stereocenters. The second-order valence-electron chi connectivity index (χ2n) is 6.48. The number of amides is 1. The first-order valence-corrected chi connectivity index (χ1v) is 8.75. The van der Waals surface area contributed by atoms with Crippen LogP contribution in [0.25, 0.3) is 0 Å². The summed E-state index contributed by atoms with van der Waals surface area (Å²) in [6, 6.07) is 9.73. The van der Waals surface area contributed by atoms with Crippen molar-refractivity contribution in [2.45, 2.75) is 33.4 Å². The van der Waals surface area contributed by atoms with Gasteiger partial charge in [0.1, 0.15) is 18.1 Å². The van der Waals surface area contributed by atoms with Crippen molar-refractivity contribution in [2.75, 3.05) is 0 Å². The molecule has 1 aromatic heterocycles. The van der Waals surface area contributed by atoms with Gasteiger partial charge < -0.3 is 14.6 Å². The summed E-state index contributed by atoms with van der Waals surface area (Å²) in [6.07, 6.45) is 0. The molecule has 0 fully saturated rings. The second-order valence-corrected chi connectivity index (χ2v) is 6.48. The van der Waals surface area contributed by atoms with Crippen molar-refractivity contribution < 1.29 is 22.8 Å². The lowest BCUT2D eigenvalue weighted by atomic mass is 10.1. The third-order valence-corrected chi connectivity index (χ3v) is 4.47. The maximum atomic E-state index is 13.4. The molecular weight excluding hydrogens is 366 g/mol. The van der Waals surface area contributed by atoms with Gasteiger partial charge in [0.2, 0.25) is 0 Å². The van der Waals surface area contributed by atoms with Crippen LogP contribution < -0.4 is 10.1 Å². The second kappa shape index (κ2) is 8.21. The fourth-order valence-electron chi connectivity index (χ4n) is 2.71. The van der Waals surface area contributed by atoms with Gasteiger partial charge in [0.05, 0.1) is 17.3 Å². The predicted octanol–water partition coefficient (Wildman–Crippen LogP) is 4.64. The lowest BCUT2D eigenvalue weighted by molar-refractivity contribution is 0.0939. The van der Waals surface area contributed by atoms with E-state index in [9.17, 15) is 13.6 Å². The Hall–Kier alpha value is -3.22. The average molecular weight is 386 g/mol. The minimum absolute atomic E-state index is 0.319. The number of carbonyl (C=O) groups excluding carboxylic acids is 1. The number of aromatic nitrogens is 1. The van der Waals surface area contributed by atoms with Crippen LogP contribution >= 0.6 is 0 Å². The molecule has 0 spiro atoms. The highest BCUT2D eigenvalue weighted by atomic mass is 19.2. The molecule has 7 heteroatoms. The van der Waals surface area contributed by atoms with Crippen LogP contribution in [0.4, 0.5) is 8.78 Å². The molecule has 28 heavy (non-hydrogen) atoms. The van der Waals surface area contributed by atoms with E-state index in [1.165, 1.54) is 6.07 Å². The van der Waals surface area contributed by atoms with Crippen LogP contribution in [-0.4, -0.2) is 11.1 Å². The Morgan fingerprint density at radius 1 is 1.14 bits per heavy atom. The molecule has 1 N–H and O–H groups in total. The van der Waals surface area contributed by atoms with E-state index in [1.807, 2.05) is 13.8 Å². The summed E-state index contributed by atoms with van der Waals surface area (Å²) in [5, 5.41) is 6.63. The molecule has 1 unspecified atom stereocenters. The van der Waals surface area contributed by atoms with Crippen molar-refractivity contribution in [3.63, 3.8) is 0 Å². The van der Waals surface area contributed by atoms with E-state index < -0.39 is 17.7 Å².